The quantitative estimate of drug-likeness (QED) is 0.0179. The van der Waals surface area contributed by atoms with Crippen LogP contribution in [0, 0.1) is 0 Å². The number of aliphatic hydroxyl groups excluding tert-OH is 2. The molecule has 3 unspecified atom stereocenters. The number of rotatable bonds is 39. The Morgan fingerprint density at radius 3 is 1.55 bits per heavy atom. The van der Waals surface area contributed by atoms with E-state index in [1.807, 2.05) is 45.4 Å². The summed E-state index contributed by atoms with van der Waals surface area (Å²) < 4.78 is 34.0. The van der Waals surface area contributed by atoms with Gasteiger partial charge in [-0.2, -0.15) is 0 Å². The molecule has 0 heterocycles. The van der Waals surface area contributed by atoms with Gasteiger partial charge in [0.15, 0.2) is 6.10 Å². The third-order valence-electron chi connectivity index (χ3n) is 9.10. The molecule has 0 fully saturated rings. The van der Waals surface area contributed by atoms with Crippen LogP contribution in [0.3, 0.4) is 0 Å². The van der Waals surface area contributed by atoms with Crippen molar-refractivity contribution in [2.75, 3.05) is 47.5 Å². The number of hydrogen-bond donors (Lipinski definition) is 3. The molecule has 0 bridgehead atoms. The van der Waals surface area contributed by atoms with Crippen molar-refractivity contribution in [3.05, 3.63) is 85.1 Å². The van der Waals surface area contributed by atoms with Gasteiger partial charge in [0.1, 0.15) is 19.8 Å². The lowest BCUT2D eigenvalue weighted by atomic mass is 10.0. The van der Waals surface area contributed by atoms with E-state index in [1.54, 1.807) is 0 Å². The summed E-state index contributed by atoms with van der Waals surface area (Å²) in [5, 5.41) is 20.7. The maximum absolute atomic E-state index is 12.7. The normalized spacial score (nSPS) is 15.4. The van der Waals surface area contributed by atoms with Crippen molar-refractivity contribution < 1.29 is 52.3 Å². The first kappa shape index (κ1) is 57.1. The van der Waals surface area contributed by atoms with Crippen molar-refractivity contribution in [1.82, 2.24) is 0 Å². The van der Waals surface area contributed by atoms with Gasteiger partial charge in [-0.05, 0) is 89.9 Å². The number of phosphoric acid groups is 1. The molecule has 0 aliphatic heterocycles. The van der Waals surface area contributed by atoms with Crippen LogP contribution in [0.4, 0.5) is 0 Å². The molecule has 0 aliphatic carbocycles. The number of likely N-dealkylation sites (N-methyl/N-ethyl adjacent to an activating group) is 1. The van der Waals surface area contributed by atoms with E-state index in [-0.39, 0.29) is 38.9 Å². The molecule has 0 saturated heterocycles. The summed E-state index contributed by atoms with van der Waals surface area (Å²) >= 11 is 0. The van der Waals surface area contributed by atoms with Gasteiger partial charge < -0.3 is 29.1 Å². The highest BCUT2D eigenvalue weighted by Gasteiger charge is 2.27. The molecule has 0 aromatic carbocycles. The largest absolute Gasteiger partial charge is 0.472 e. The number of esters is 2. The number of phosphoric ester groups is 1. The second kappa shape index (κ2) is 39.0. The Bertz CT molecular complexity index is 1330. The van der Waals surface area contributed by atoms with Gasteiger partial charge in [0.2, 0.25) is 0 Å². The molecule has 0 amide bonds. The summed E-state index contributed by atoms with van der Waals surface area (Å²) in [6, 6.07) is 0. The van der Waals surface area contributed by atoms with Crippen LogP contribution in [-0.4, -0.2) is 97.3 Å². The van der Waals surface area contributed by atoms with E-state index in [4.69, 9.17) is 18.5 Å². The second-order valence-corrected chi connectivity index (χ2v) is 17.5. The molecule has 60 heavy (non-hydrogen) atoms. The molecule has 12 heteroatoms. The Labute approximate surface area is 364 Å². The molecule has 11 nitrogen and oxygen atoms in total. The minimum absolute atomic E-state index is 0.0280. The Morgan fingerprint density at radius 2 is 1.05 bits per heavy atom. The molecule has 0 radical (unpaired) electrons. The standard InChI is InChI=1S/C48H82NO10P/c1-6-8-10-12-14-16-18-20-21-22-23-24-26-28-30-32-34-38-48(53)59-44(43-58-60(54,55)57-41-40-49(3,4)5)42-56-47(52)39-35-37-46(51)45(50)36-33-31-29-27-25-19-17-15-13-11-9-7-2/h14-17,20-21,23-25,27-28,30-31,33,44-46,50-51H,6-13,18-19,22,26,29,32,34-43H2,1-5H3/p+1/b16-14-,17-15-,21-20-,24-23-,27-25-,30-28-,33-31-/t44-,45?,46?/m1/s1. The third-order valence-corrected chi connectivity index (χ3v) is 10.1. The number of quaternary nitrogens is 1. The molecule has 4 atom stereocenters. The van der Waals surface area contributed by atoms with Crippen molar-refractivity contribution in [2.45, 2.75) is 161 Å². The number of ether oxygens (including phenoxy) is 2. The second-order valence-electron chi connectivity index (χ2n) is 16.0. The van der Waals surface area contributed by atoms with Gasteiger partial charge in [0.25, 0.3) is 0 Å². The van der Waals surface area contributed by atoms with Gasteiger partial charge in [-0.25, -0.2) is 4.57 Å². The van der Waals surface area contributed by atoms with E-state index in [1.165, 1.54) is 38.5 Å². The summed E-state index contributed by atoms with van der Waals surface area (Å²) in [4.78, 5) is 35.4. The Balaban J connectivity index is 4.70. The monoisotopic (exact) mass is 865 g/mol. The maximum atomic E-state index is 12.7. The van der Waals surface area contributed by atoms with Gasteiger partial charge in [-0.1, -0.05) is 125 Å². The van der Waals surface area contributed by atoms with E-state index >= 15 is 0 Å². The van der Waals surface area contributed by atoms with Crippen molar-refractivity contribution in [3.8, 4) is 0 Å². The molecule has 344 valence electrons. The summed E-state index contributed by atoms with van der Waals surface area (Å²) in [5.41, 5.74) is 0. The van der Waals surface area contributed by atoms with Gasteiger partial charge in [0, 0.05) is 12.8 Å². The Kier molecular flexibility index (Phi) is 37.1. The summed E-state index contributed by atoms with van der Waals surface area (Å²) in [5.74, 6) is -1.16. The maximum Gasteiger partial charge on any atom is 0.472 e. The zero-order valence-corrected chi connectivity index (χ0v) is 38.8. The molecule has 0 aromatic rings. The molecule has 3 N–H and O–H groups in total. The van der Waals surface area contributed by atoms with E-state index in [2.05, 4.69) is 74.6 Å². The highest BCUT2D eigenvalue weighted by Crippen LogP contribution is 2.43. The molecule has 0 rings (SSSR count). The first-order chi connectivity index (χ1) is 28.8. The fourth-order valence-electron chi connectivity index (χ4n) is 5.40. The average molecular weight is 865 g/mol. The van der Waals surface area contributed by atoms with Crippen LogP contribution < -0.4 is 0 Å². The number of aliphatic hydroxyl groups is 2. The molecule has 0 aromatic heterocycles. The molecule has 0 saturated carbocycles. The minimum atomic E-state index is -4.46. The van der Waals surface area contributed by atoms with Crippen LogP contribution in [0.25, 0.3) is 0 Å². The van der Waals surface area contributed by atoms with Gasteiger partial charge in [-0.15, -0.1) is 0 Å². The molecule has 0 spiro atoms. The Morgan fingerprint density at radius 1 is 0.583 bits per heavy atom. The van der Waals surface area contributed by atoms with Crippen LogP contribution in [0.5, 0.6) is 0 Å². The molecular weight excluding hydrogens is 781 g/mol. The smallest absolute Gasteiger partial charge is 0.462 e. The number of unbranched alkanes of at least 4 members (excludes halogenated alkanes) is 7. The highest BCUT2D eigenvalue weighted by molar-refractivity contribution is 7.47. The zero-order valence-electron chi connectivity index (χ0n) is 37.9. The SMILES string of the molecule is CCCCC/C=C\C/C=C\C/C=C\C/C=C\CCCC(=O)O[C@H](COC(=O)CCCC(O)C(O)C/C=C\C/C=C\C/C=C\CCCCC)COP(=O)(O)OCC[N+](C)(C)C. The fourth-order valence-corrected chi connectivity index (χ4v) is 6.14. The van der Waals surface area contributed by atoms with Crippen molar-refractivity contribution in [1.29, 1.82) is 0 Å². The number of carbonyl (C=O) groups excluding carboxylic acids is 2. The van der Waals surface area contributed by atoms with Gasteiger partial charge in [0.05, 0.1) is 40.0 Å². The van der Waals surface area contributed by atoms with Crippen molar-refractivity contribution in [2.24, 2.45) is 0 Å². The summed E-state index contributed by atoms with van der Waals surface area (Å²) in [6.45, 7) is 3.94. The lowest BCUT2D eigenvalue weighted by Gasteiger charge is -2.24. The van der Waals surface area contributed by atoms with E-state index in [0.717, 1.165) is 44.9 Å². The van der Waals surface area contributed by atoms with Crippen molar-refractivity contribution in [3.63, 3.8) is 0 Å². The first-order valence-electron chi connectivity index (χ1n) is 22.5. The minimum Gasteiger partial charge on any atom is -0.462 e. The highest BCUT2D eigenvalue weighted by atomic mass is 31.2. The number of hydrogen-bond acceptors (Lipinski definition) is 9. The van der Waals surface area contributed by atoms with Gasteiger partial charge >= 0.3 is 19.8 Å². The Hall–Kier alpha value is -2.89. The van der Waals surface area contributed by atoms with E-state index < -0.39 is 44.7 Å². The number of carbonyl (C=O) groups is 2. The fraction of sp³-hybridized carbons (Fsp3) is 0.667. The van der Waals surface area contributed by atoms with E-state index in [9.17, 15) is 29.3 Å². The first-order valence-corrected chi connectivity index (χ1v) is 24.0. The van der Waals surface area contributed by atoms with Gasteiger partial charge in [-0.3, -0.25) is 18.6 Å². The summed E-state index contributed by atoms with van der Waals surface area (Å²) in [6.07, 6.45) is 42.4. The average Bonchev–Trinajstić information content (AvgIpc) is 3.19. The van der Waals surface area contributed by atoms with Crippen LogP contribution in [0.2, 0.25) is 0 Å². The van der Waals surface area contributed by atoms with Crippen LogP contribution in [0.15, 0.2) is 85.1 Å². The predicted octanol–water partition coefficient (Wildman–Crippen LogP) is 10.7. The van der Waals surface area contributed by atoms with Crippen LogP contribution in [0.1, 0.15) is 142 Å². The third kappa shape index (κ3) is 40.5. The van der Waals surface area contributed by atoms with E-state index in [0.29, 0.717) is 30.3 Å². The zero-order chi connectivity index (χ0) is 44.6. The van der Waals surface area contributed by atoms with Crippen LogP contribution in [-0.2, 0) is 32.7 Å². The lowest BCUT2D eigenvalue weighted by molar-refractivity contribution is -0.870. The molecule has 0 aliphatic rings. The molecular formula is C48H83NO10P+. The number of allylic oxidation sites excluding steroid dienone is 13. The van der Waals surface area contributed by atoms with Crippen LogP contribution >= 0.6 is 7.82 Å². The lowest BCUT2D eigenvalue weighted by Crippen LogP contribution is -2.37. The van der Waals surface area contributed by atoms with Crippen molar-refractivity contribution >= 4 is 19.8 Å². The number of nitrogens with zero attached hydrogens (tertiary/aromatic N) is 1. The summed E-state index contributed by atoms with van der Waals surface area (Å²) in [7, 11) is 1.27. The topological polar surface area (TPSA) is 149 Å². The predicted molar refractivity (Wildman–Crippen MR) is 245 cm³/mol.